The van der Waals surface area contributed by atoms with Crippen LogP contribution in [0.2, 0.25) is 0 Å². The van der Waals surface area contributed by atoms with Crippen LogP contribution in [0.3, 0.4) is 0 Å². The van der Waals surface area contributed by atoms with Crippen molar-refractivity contribution in [2.75, 3.05) is 0 Å². The van der Waals surface area contributed by atoms with Gasteiger partial charge in [0.2, 0.25) is 0 Å². The molecule has 0 spiro atoms. The fourth-order valence-electron chi connectivity index (χ4n) is 2.07. The summed E-state index contributed by atoms with van der Waals surface area (Å²) in [4.78, 5) is 1.22. The van der Waals surface area contributed by atoms with Crippen LogP contribution in [0.15, 0.2) is 35.7 Å². The molecule has 1 atom stereocenters. The van der Waals surface area contributed by atoms with Crippen LogP contribution in [-0.2, 0) is 0 Å². The van der Waals surface area contributed by atoms with E-state index in [1.807, 2.05) is 32.0 Å². The summed E-state index contributed by atoms with van der Waals surface area (Å²) >= 11 is 1.71. The summed E-state index contributed by atoms with van der Waals surface area (Å²) in [7, 11) is 0. The molecule has 0 saturated carbocycles. The normalized spacial score (nSPS) is 12.7. The minimum absolute atomic E-state index is 0.0325. The third-order valence-electron chi connectivity index (χ3n) is 2.92. The van der Waals surface area contributed by atoms with Crippen LogP contribution >= 0.6 is 11.3 Å². The Labute approximate surface area is 118 Å². The molecule has 1 aromatic carbocycles. The molecule has 1 aromatic heterocycles. The van der Waals surface area contributed by atoms with E-state index >= 15 is 0 Å². The molecule has 0 aliphatic heterocycles. The van der Waals surface area contributed by atoms with Crippen molar-refractivity contribution in [3.63, 3.8) is 0 Å². The number of para-hydroxylation sites is 1. The summed E-state index contributed by atoms with van der Waals surface area (Å²) in [6.07, 6.45) is 0.143. The van der Waals surface area contributed by atoms with Gasteiger partial charge in [-0.25, -0.2) is 5.43 Å². The standard InChI is InChI=1S/C15H20N2OS/c1-10(2)18-13-7-5-4-6-12(13)14(17-16)15-11(3)8-9-19-15/h4-10,14,17H,16H2,1-3H3. The van der Waals surface area contributed by atoms with E-state index in [4.69, 9.17) is 10.6 Å². The lowest BCUT2D eigenvalue weighted by Crippen LogP contribution is -2.29. The van der Waals surface area contributed by atoms with Crippen molar-refractivity contribution in [1.82, 2.24) is 5.43 Å². The Hall–Kier alpha value is -1.36. The van der Waals surface area contributed by atoms with Gasteiger partial charge in [0.05, 0.1) is 12.1 Å². The maximum atomic E-state index is 5.88. The first-order valence-electron chi connectivity index (χ1n) is 6.39. The molecule has 19 heavy (non-hydrogen) atoms. The maximum Gasteiger partial charge on any atom is 0.124 e. The van der Waals surface area contributed by atoms with E-state index in [2.05, 4.69) is 29.9 Å². The van der Waals surface area contributed by atoms with Gasteiger partial charge in [0.15, 0.2) is 0 Å². The van der Waals surface area contributed by atoms with Gasteiger partial charge in [-0.2, -0.15) is 0 Å². The minimum Gasteiger partial charge on any atom is -0.491 e. The van der Waals surface area contributed by atoms with Gasteiger partial charge in [-0.1, -0.05) is 18.2 Å². The molecule has 0 aliphatic carbocycles. The van der Waals surface area contributed by atoms with Crippen LogP contribution < -0.4 is 16.0 Å². The lowest BCUT2D eigenvalue weighted by atomic mass is 10.0. The van der Waals surface area contributed by atoms with E-state index in [1.54, 1.807) is 11.3 Å². The number of hydrogen-bond donors (Lipinski definition) is 2. The topological polar surface area (TPSA) is 47.3 Å². The van der Waals surface area contributed by atoms with Crippen molar-refractivity contribution in [3.8, 4) is 5.75 Å². The molecule has 0 amide bonds. The zero-order valence-electron chi connectivity index (χ0n) is 11.5. The maximum absolute atomic E-state index is 5.88. The summed E-state index contributed by atoms with van der Waals surface area (Å²) in [5.41, 5.74) is 5.22. The smallest absolute Gasteiger partial charge is 0.124 e. The Morgan fingerprint density at radius 3 is 2.53 bits per heavy atom. The molecule has 3 nitrogen and oxygen atoms in total. The van der Waals surface area contributed by atoms with E-state index in [0.29, 0.717) is 0 Å². The number of aryl methyl sites for hydroxylation is 1. The van der Waals surface area contributed by atoms with Gasteiger partial charge >= 0.3 is 0 Å². The number of hydrogen-bond acceptors (Lipinski definition) is 4. The second-order valence-electron chi connectivity index (χ2n) is 4.77. The molecule has 1 heterocycles. The van der Waals surface area contributed by atoms with Crippen LogP contribution in [0.4, 0.5) is 0 Å². The lowest BCUT2D eigenvalue weighted by molar-refractivity contribution is 0.238. The summed E-state index contributed by atoms with van der Waals surface area (Å²) in [6, 6.07) is 10.1. The first kappa shape index (κ1) is 14.1. The highest BCUT2D eigenvalue weighted by Crippen LogP contribution is 2.34. The average Bonchev–Trinajstić information content (AvgIpc) is 2.78. The SMILES string of the molecule is Cc1ccsc1C(NN)c1ccccc1OC(C)C. The van der Waals surface area contributed by atoms with Gasteiger partial charge < -0.3 is 4.74 Å². The average molecular weight is 276 g/mol. The first-order chi connectivity index (χ1) is 9.13. The molecule has 3 N–H and O–H groups in total. The molecule has 102 valence electrons. The quantitative estimate of drug-likeness (QED) is 0.650. The van der Waals surface area contributed by atoms with Crippen LogP contribution in [0.1, 0.15) is 35.9 Å². The molecule has 0 fully saturated rings. The Morgan fingerprint density at radius 2 is 1.95 bits per heavy atom. The predicted octanol–water partition coefficient (Wildman–Crippen LogP) is 3.40. The lowest BCUT2D eigenvalue weighted by Gasteiger charge is -2.21. The van der Waals surface area contributed by atoms with E-state index < -0.39 is 0 Å². The number of rotatable bonds is 5. The van der Waals surface area contributed by atoms with E-state index in [-0.39, 0.29) is 12.1 Å². The van der Waals surface area contributed by atoms with Crippen LogP contribution in [0.5, 0.6) is 5.75 Å². The van der Waals surface area contributed by atoms with Crippen molar-refractivity contribution in [3.05, 3.63) is 51.7 Å². The van der Waals surface area contributed by atoms with E-state index in [9.17, 15) is 0 Å². The van der Waals surface area contributed by atoms with Gasteiger partial charge in [0.1, 0.15) is 5.75 Å². The molecule has 0 radical (unpaired) electrons. The van der Waals surface area contributed by atoms with Crippen molar-refractivity contribution < 1.29 is 4.74 Å². The Morgan fingerprint density at radius 1 is 1.21 bits per heavy atom. The molecular formula is C15H20N2OS. The Bertz CT molecular complexity index is 536. The highest BCUT2D eigenvalue weighted by atomic mass is 32.1. The number of benzene rings is 1. The summed E-state index contributed by atoms with van der Waals surface area (Å²) in [5.74, 6) is 6.65. The van der Waals surface area contributed by atoms with Crippen molar-refractivity contribution in [2.24, 2.45) is 5.84 Å². The summed E-state index contributed by atoms with van der Waals surface area (Å²) < 4.78 is 5.88. The predicted molar refractivity (Wildman–Crippen MR) is 80.4 cm³/mol. The molecule has 0 aliphatic rings. The van der Waals surface area contributed by atoms with Crippen molar-refractivity contribution >= 4 is 11.3 Å². The zero-order valence-corrected chi connectivity index (χ0v) is 12.3. The fourth-order valence-corrected chi connectivity index (χ4v) is 3.07. The number of ether oxygens (including phenoxy) is 1. The number of hydrazine groups is 1. The minimum atomic E-state index is -0.0325. The molecule has 2 aromatic rings. The molecule has 2 rings (SSSR count). The molecular weight excluding hydrogens is 256 g/mol. The monoisotopic (exact) mass is 276 g/mol. The number of nitrogens with one attached hydrogen (secondary N) is 1. The van der Waals surface area contributed by atoms with Crippen LogP contribution in [0, 0.1) is 6.92 Å². The van der Waals surface area contributed by atoms with Crippen molar-refractivity contribution in [1.29, 1.82) is 0 Å². The second kappa shape index (κ2) is 6.19. The summed E-state index contributed by atoms with van der Waals surface area (Å²) in [6.45, 7) is 6.15. The van der Waals surface area contributed by atoms with Crippen LogP contribution in [-0.4, -0.2) is 6.10 Å². The van der Waals surface area contributed by atoms with Gasteiger partial charge in [-0.3, -0.25) is 5.84 Å². The second-order valence-corrected chi connectivity index (χ2v) is 5.72. The highest BCUT2D eigenvalue weighted by molar-refractivity contribution is 7.10. The third-order valence-corrected chi connectivity index (χ3v) is 4.01. The van der Waals surface area contributed by atoms with E-state index in [0.717, 1.165) is 11.3 Å². The van der Waals surface area contributed by atoms with Gasteiger partial charge in [0, 0.05) is 10.4 Å². The third kappa shape index (κ3) is 3.15. The number of nitrogens with two attached hydrogens (primary N) is 1. The van der Waals surface area contributed by atoms with E-state index in [1.165, 1.54) is 10.4 Å². The zero-order chi connectivity index (χ0) is 13.8. The van der Waals surface area contributed by atoms with Gasteiger partial charge in [-0.15, -0.1) is 11.3 Å². The first-order valence-corrected chi connectivity index (χ1v) is 7.27. The number of thiophene rings is 1. The largest absolute Gasteiger partial charge is 0.491 e. The Balaban J connectivity index is 2.41. The van der Waals surface area contributed by atoms with Crippen LogP contribution in [0.25, 0.3) is 0 Å². The highest BCUT2D eigenvalue weighted by Gasteiger charge is 2.20. The fraction of sp³-hybridized carbons (Fsp3) is 0.333. The summed E-state index contributed by atoms with van der Waals surface area (Å²) in [5, 5.41) is 2.08. The molecule has 0 saturated heterocycles. The molecule has 1 unspecified atom stereocenters. The van der Waals surface area contributed by atoms with Gasteiger partial charge in [0.25, 0.3) is 0 Å². The molecule has 0 bridgehead atoms. The van der Waals surface area contributed by atoms with Crippen molar-refractivity contribution in [2.45, 2.75) is 32.9 Å². The molecule has 4 heteroatoms. The Kier molecular flexibility index (Phi) is 4.58. The van der Waals surface area contributed by atoms with Gasteiger partial charge in [-0.05, 0) is 43.8 Å².